The number of carbonyl (C=O) groups is 1. The number of para-hydroxylation sites is 1. The van der Waals surface area contributed by atoms with Crippen molar-refractivity contribution < 1.29 is 4.79 Å². The topological polar surface area (TPSA) is 41.1 Å². The fourth-order valence-corrected chi connectivity index (χ4v) is 5.31. The van der Waals surface area contributed by atoms with Gasteiger partial charge in [0.05, 0.1) is 5.69 Å². The van der Waals surface area contributed by atoms with Crippen LogP contribution in [0, 0.1) is 0 Å². The average Bonchev–Trinajstić information content (AvgIpc) is 2.84. The lowest BCUT2D eigenvalue weighted by atomic mass is 9.96. The SMILES string of the molecule is O=C1Nc2ccccc2[C@@]12C=C(c1ccc(Br)cc1)Nc1cc(Cl)ccc1S2. The monoisotopic (exact) mass is 468 g/mol. The van der Waals surface area contributed by atoms with Crippen LogP contribution in [0.3, 0.4) is 0 Å². The van der Waals surface area contributed by atoms with E-state index in [0.29, 0.717) is 5.02 Å². The molecule has 1 atom stereocenters. The minimum atomic E-state index is -0.856. The molecule has 2 N–H and O–H groups in total. The summed E-state index contributed by atoms with van der Waals surface area (Å²) in [5.74, 6) is -0.0436. The first-order chi connectivity index (χ1) is 13.5. The molecular formula is C22H14BrClN2OS. The molecule has 3 aromatic rings. The summed E-state index contributed by atoms with van der Waals surface area (Å²) >= 11 is 11.3. The summed E-state index contributed by atoms with van der Waals surface area (Å²) in [6.45, 7) is 0. The fraction of sp³-hybridized carbons (Fsp3) is 0.0455. The lowest BCUT2D eigenvalue weighted by Gasteiger charge is -2.22. The van der Waals surface area contributed by atoms with Crippen LogP contribution in [0.5, 0.6) is 0 Å². The van der Waals surface area contributed by atoms with Gasteiger partial charge in [0.15, 0.2) is 0 Å². The number of nitrogens with one attached hydrogen (secondary N) is 2. The molecular weight excluding hydrogens is 456 g/mol. The van der Waals surface area contributed by atoms with Crippen molar-refractivity contribution in [3.63, 3.8) is 0 Å². The molecule has 0 radical (unpaired) electrons. The third-order valence-electron chi connectivity index (χ3n) is 4.90. The predicted molar refractivity (Wildman–Crippen MR) is 120 cm³/mol. The van der Waals surface area contributed by atoms with E-state index in [-0.39, 0.29) is 5.91 Å². The van der Waals surface area contributed by atoms with Crippen LogP contribution in [0.25, 0.3) is 5.70 Å². The maximum absolute atomic E-state index is 13.2. The van der Waals surface area contributed by atoms with E-state index in [9.17, 15) is 4.79 Å². The van der Waals surface area contributed by atoms with Gasteiger partial charge in [0, 0.05) is 31.3 Å². The molecule has 2 aliphatic heterocycles. The molecule has 2 heterocycles. The quantitative estimate of drug-likeness (QED) is 0.427. The van der Waals surface area contributed by atoms with Crippen LogP contribution in [0.15, 0.2) is 82.2 Å². The highest BCUT2D eigenvalue weighted by Gasteiger charge is 2.48. The Morgan fingerprint density at radius 1 is 0.929 bits per heavy atom. The standard InChI is InChI=1S/C22H14BrClN2OS/c23-14-7-5-13(6-8-14)19-12-22(16-3-1-2-4-17(16)26-21(22)27)28-20-10-9-15(24)11-18(20)25-19/h1-12,25H,(H,26,27)/t22-/m0/s1. The van der Waals surface area contributed by atoms with Crippen LogP contribution in [-0.2, 0) is 9.54 Å². The number of fused-ring (bicyclic) bond motifs is 3. The second kappa shape index (κ2) is 6.69. The van der Waals surface area contributed by atoms with Crippen LogP contribution >= 0.6 is 39.3 Å². The molecule has 1 spiro atoms. The minimum Gasteiger partial charge on any atom is -0.354 e. The van der Waals surface area contributed by atoms with Crippen molar-refractivity contribution in [1.29, 1.82) is 0 Å². The number of amides is 1. The van der Waals surface area contributed by atoms with Gasteiger partial charge in [-0.3, -0.25) is 4.79 Å². The van der Waals surface area contributed by atoms with Gasteiger partial charge in [0.25, 0.3) is 0 Å². The van der Waals surface area contributed by atoms with E-state index in [1.54, 1.807) is 0 Å². The molecule has 138 valence electrons. The van der Waals surface area contributed by atoms with Crippen molar-refractivity contribution in [3.05, 3.63) is 93.4 Å². The number of anilines is 2. The van der Waals surface area contributed by atoms with E-state index in [1.807, 2.05) is 72.8 Å². The Morgan fingerprint density at radius 3 is 2.54 bits per heavy atom. The smallest absolute Gasteiger partial charge is 0.249 e. The molecule has 0 saturated carbocycles. The van der Waals surface area contributed by atoms with Gasteiger partial charge in [-0.1, -0.05) is 69.6 Å². The van der Waals surface area contributed by atoms with Crippen LogP contribution in [-0.4, -0.2) is 5.91 Å². The Kier molecular flexibility index (Phi) is 4.27. The van der Waals surface area contributed by atoms with Gasteiger partial charge in [0.1, 0.15) is 4.75 Å². The van der Waals surface area contributed by atoms with E-state index in [4.69, 9.17) is 11.6 Å². The van der Waals surface area contributed by atoms with Gasteiger partial charge in [-0.15, -0.1) is 0 Å². The molecule has 0 unspecified atom stereocenters. The maximum Gasteiger partial charge on any atom is 0.249 e. The number of hydrogen-bond donors (Lipinski definition) is 2. The zero-order chi connectivity index (χ0) is 19.3. The van der Waals surface area contributed by atoms with Gasteiger partial charge in [-0.05, 0) is 48.0 Å². The molecule has 0 saturated heterocycles. The van der Waals surface area contributed by atoms with Crippen LogP contribution in [0.4, 0.5) is 11.4 Å². The van der Waals surface area contributed by atoms with Gasteiger partial charge in [0.2, 0.25) is 5.91 Å². The molecule has 3 nitrogen and oxygen atoms in total. The van der Waals surface area contributed by atoms with Crippen molar-refractivity contribution in [1.82, 2.24) is 0 Å². The average molecular weight is 470 g/mol. The Morgan fingerprint density at radius 2 is 1.71 bits per heavy atom. The molecule has 28 heavy (non-hydrogen) atoms. The maximum atomic E-state index is 13.2. The van der Waals surface area contributed by atoms with Crippen molar-refractivity contribution >= 4 is 62.3 Å². The van der Waals surface area contributed by atoms with Crippen LogP contribution in [0.2, 0.25) is 5.02 Å². The highest BCUT2D eigenvalue weighted by Crippen LogP contribution is 2.54. The summed E-state index contributed by atoms with van der Waals surface area (Å²) < 4.78 is 0.146. The number of carbonyl (C=O) groups excluding carboxylic acids is 1. The molecule has 0 aromatic heterocycles. The molecule has 0 fully saturated rings. The number of rotatable bonds is 1. The lowest BCUT2D eigenvalue weighted by Crippen LogP contribution is -2.29. The Balaban J connectivity index is 1.76. The fourth-order valence-electron chi connectivity index (χ4n) is 3.56. The second-order valence-electron chi connectivity index (χ2n) is 6.67. The summed E-state index contributed by atoms with van der Waals surface area (Å²) in [6, 6.07) is 21.6. The number of thioether (sulfide) groups is 1. The van der Waals surface area contributed by atoms with Gasteiger partial charge < -0.3 is 10.6 Å². The van der Waals surface area contributed by atoms with Crippen molar-refractivity contribution in [2.75, 3.05) is 10.6 Å². The van der Waals surface area contributed by atoms with E-state index < -0.39 is 4.75 Å². The van der Waals surface area contributed by atoms with E-state index in [2.05, 4.69) is 26.6 Å². The molecule has 3 aromatic carbocycles. The zero-order valence-electron chi connectivity index (χ0n) is 14.5. The second-order valence-corrected chi connectivity index (χ2v) is 9.31. The van der Waals surface area contributed by atoms with Crippen molar-refractivity contribution in [3.8, 4) is 0 Å². The van der Waals surface area contributed by atoms with E-state index in [0.717, 1.165) is 37.6 Å². The van der Waals surface area contributed by atoms with Gasteiger partial charge >= 0.3 is 0 Å². The third kappa shape index (κ3) is 2.85. The van der Waals surface area contributed by atoms with Crippen LogP contribution < -0.4 is 10.6 Å². The van der Waals surface area contributed by atoms with Gasteiger partial charge in [-0.2, -0.15) is 0 Å². The zero-order valence-corrected chi connectivity index (χ0v) is 17.7. The van der Waals surface area contributed by atoms with Gasteiger partial charge in [-0.25, -0.2) is 0 Å². The normalized spacial score (nSPS) is 19.9. The molecule has 0 bridgehead atoms. The lowest BCUT2D eigenvalue weighted by molar-refractivity contribution is -0.116. The summed E-state index contributed by atoms with van der Waals surface area (Å²) in [4.78, 5) is 14.2. The highest BCUT2D eigenvalue weighted by atomic mass is 79.9. The summed E-state index contributed by atoms with van der Waals surface area (Å²) in [5, 5.41) is 7.19. The Hall–Kier alpha value is -2.21. The Labute approximate surface area is 180 Å². The first-order valence-electron chi connectivity index (χ1n) is 8.70. The molecule has 0 aliphatic carbocycles. The molecule has 6 heteroatoms. The minimum absolute atomic E-state index is 0.0436. The van der Waals surface area contributed by atoms with Crippen molar-refractivity contribution in [2.24, 2.45) is 0 Å². The summed E-state index contributed by atoms with van der Waals surface area (Å²) in [6.07, 6.45) is 2.02. The van der Waals surface area contributed by atoms with Crippen LogP contribution in [0.1, 0.15) is 11.1 Å². The summed E-state index contributed by atoms with van der Waals surface area (Å²) in [7, 11) is 0. The Bertz CT molecular complexity index is 1150. The number of halogens is 2. The summed E-state index contributed by atoms with van der Waals surface area (Å²) in [5.41, 5.74) is 4.56. The number of hydrogen-bond acceptors (Lipinski definition) is 3. The molecule has 2 aliphatic rings. The molecule has 5 rings (SSSR count). The third-order valence-corrected chi connectivity index (χ3v) is 7.08. The largest absolute Gasteiger partial charge is 0.354 e. The van der Waals surface area contributed by atoms with Crippen molar-refractivity contribution in [2.45, 2.75) is 9.64 Å². The first kappa shape index (κ1) is 17.9. The van der Waals surface area contributed by atoms with E-state index in [1.165, 1.54) is 11.8 Å². The first-order valence-corrected chi connectivity index (χ1v) is 10.7. The highest BCUT2D eigenvalue weighted by molar-refractivity contribution is 9.10. The van der Waals surface area contributed by atoms with E-state index >= 15 is 0 Å². The molecule has 1 amide bonds. The predicted octanol–water partition coefficient (Wildman–Crippen LogP) is 6.51. The number of benzene rings is 3.